The number of hydrogen-bond donors (Lipinski definition) is 1. The van der Waals surface area contributed by atoms with Gasteiger partial charge in [-0.25, -0.2) is 8.42 Å². The standard InChI is InChI=1S/C25H26N2O3S2/c28-24(25(13-4-5-14-25)23-9-6-16-31-23)26-21-11-10-19-12-15-27(18-20(19)17-21)32(29,30)22-7-2-1-3-8-22/h1-3,6-11,16-17H,4-5,12-15,18H2,(H,26,28). The highest BCUT2D eigenvalue weighted by Crippen LogP contribution is 2.44. The van der Waals surface area contributed by atoms with Crippen LogP contribution < -0.4 is 5.32 Å². The van der Waals surface area contributed by atoms with Crippen molar-refractivity contribution in [3.8, 4) is 0 Å². The number of thiophene rings is 1. The van der Waals surface area contributed by atoms with Gasteiger partial charge in [0, 0.05) is 23.7 Å². The first-order valence-corrected chi connectivity index (χ1v) is 13.3. The number of nitrogens with one attached hydrogen (secondary N) is 1. The van der Waals surface area contributed by atoms with Gasteiger partial charge in [-0.3, -0.25) is 4.79 Å². The van der Waals surface area contributed by atoms with Crippen LogP contribution in [0.3, 0.4) is 0 Å². The third-order valence-electron chi connectivity index (χ3n) is 6.71. The molecule has 0 radical (unpaired) electrons. The van der Waals surface area contributed by atoms with Gasteiger partial charge >= 0.3 is 0 Å². The van der Waals surface area contributed by atoms with E-state index in [1.807, 2.05) is 35.7 Å². The van der Waals surface area contributed by atoms with E-state index in [4.69, 9.17) is 0 Å². The maximum absolute atomic E-state index is 13.4. The second-order valence-corrected chi connectivity index (χ2v) is 11.5. The Morgan fingerprint density at radius 1 is 0.969 bits per heavy atom. The van der Waals surface area contributed by atoms with Crippen LogP contribution in [0.25, 0.3) is 0 Å². The van der Waals surface area contributed by atoms with Crippen molar-refractivity contribution in [3.05, 3.63) is 82.0 Å². The molecule has 166 valence electrons. The summed E-state index contributed by atoms with van der Waals surface area (Å²) in [6.07, 6.45) is 4.51. The number of carbonyl (C=O) groups is 1. The van der Waals surface area contributed by atoms with Gasteiger partial charge < -0.3 is 5.32 Å². The van der Waals surface area contributed by atoms with Crippen molar-refractivity contribution >= 4 is 33.0 Å². The summed E-state index contributed by atoms with van der Waals surface area (Å²) >= 11 is 1.65. The molecule has 1 N–H and O–H groups in total. The minimum atomic E-state index is -3.55. The van der Waals surface area contributed by atoms with Crippen molar-refractivity contribution in [2.75, 3.05) is 11.9 Å². The average molecular weight is 467 g/mol. The molecule has 5 rings (SSSR count). The Morgan fingerprint density at radius 3 is 2.47 bits per heavy atom. The predicted molar refractivity (Wildman–Crippen MR) is 127 cm³/mol. The van der Waals surface area contributed by atoms with E-state index >= 15 is 0 Å². The molecule has 0 saturated heterocycles. The number of hydrogen-bond acceptors (Lipinski definition) is 4. The van der Waals surface area contributed by atoms with Crippen LogP contribution in [0, 0.1) is 0 Å². The smallest absolute Gasteiger partial charge is 0.243 e. The Morgan fingerprint density at radius 2 is 1.75 bits per heavy atom. The molecule has 1 amide bonds. The number of amides is 1. The Bertz CT molecular complexity index is 1220. The Balaban J connectivity index is 1.38. The zero-order valence-corrected chi connectivity index (χ0v) is 19.4. The van der Waals surface area contributed by atoms with Crippen LogP contribution in [0.1, 0.15) is 41.7 Å². The quantitative estimate of drug-likeness (QED) is 0.579. The highest BCUT2D eigenvalue weighted by atomic mass is 32.2. The summed E-state index contributed by atoms with van der Waals surface area (Å²) in [5.41, 5.74) is 2.37. The van der Waals surface area contributed by atoms with Crippen LogP contribution in [-0.2, 0) is 33.2 Å². The summed E-state index contributed by atoms with van der Waals surface area (Å²) in [6, 6.07) is 18.5. The van der Waals surface area contributed by atoms with Crippen LogP contribution in [0.15, 0.2) is 70.9 Å². The molecular weight excluding hydrogens is 440 g/mol. The Kier molecular flexibility index (Phi) is 5.65. The zero-order chi connectivity index (χ0) is 22.2. The number of sulfonamides is 1. The summed E-state index contributed by atoms with van der Waals surface area (Å²) in [4.78, 5) is 14.8. The largest absolute Gasteiger partial charge is 0.325 e. The van der Waals surface area contributed by atoms with Gasteiger partial charge in [-0.1, -0.05) is 43.2 Å². The highest BCUT2D eigenvalue weighted by molar-refractivity contribution is 7.89. The van der Waals surface area contributed by atoms with Gasteiger partial charge in [0.1, 0.15) is 0 Å². The van der Waals surface area contributed by atoms with E-state index in [2.05, 4.69) is 11.4 Å². The third kappa shape index (κ3) is 3.78. The third-order valence-corrected chi connectivity index (χ3v) is 9.64. The number of carbonyl (C=O) groups excluding carboxylic acids is 1. The summed E-state index contributed by atoms with van der Waals surface area (Å²) in [6.45, 7) is 0.768. The summed E-state index contributed by atoms with van der Waals surface area (Å²) in [7, 11) is -3.55. The van der Waals surface area contributed by atoms with Crippen LogP contribution >= 0.6 is 11.3 Å². The summed E-state index contributed by atoms with van der Waals surface area (Å²) in [5.74, 6) is 0.0435. The summed E-state index contributed by atoms with van der Waals surface area (Å²) in [5, 5.41) is 5.18. The molecule has 1 aliphatic heterocycles. The van der Waals surface area contributed by atoms with Gasteiger partial charge in [0.05, 0.1) is 10.3 Å². The Hall–Kier alpha value is -2.48. The number of rotatable bonds is 5. The van der Waals surface area contributed by atoms with E-state index in [1.54, 1.807) is 35.6 Å². The van der Waals surface area contributed by atoms with Crippen molar-refractivity contribution in [2.45, 2.75) is 49.0 Å². The second-order valence-electron chi connectivity index (χ2n) is 8.61. The normalized spacial score (nSPS) is 18.2. The molecule has 3 aromatic rings. The van der Waals surface area contributed by atoms with Crippen LogP contribution in [0.4, 0.5) is 5.69 Å². The fourth-order valence-corrected chi connectivity index (χ4v) is 7.34. The van der Waals surface area contributed by atoms with Gasteiger partial charge in [0.25, 0.3) is 0 Å². The molecule has 1 fully saturated rings. The van der Waals surface area contributed by atoms with Gasteiger partial charge in [-0.2, -0.15) is 4.31 Å². The first-order chi connectivity index (χ1) is 15.5. The lowest BCUT2D eigenvalue weighted by Gasteiger charge is -2.29. The van der Waals surface area contributed by atoms with Crippen LogP contribution in [0.2, 0.25) is 0 Å². The SMILES string of the molecule is O=C(Nc1ccc2c(c1)CN(S(=O)(=O)c1ccccc1)CC2)C1(c2cccs2)CCCC1. The first kappa shape index (κ1) is 21.4. The van der Waals surface area contributed by atoms with Gasteiger partial charge in [-0.15, -0.1) is 11.3 Å². The van der Waals surface area contributed by atoms with Crippen molar-refractivity contribution in [1.82, 2.24) is 4.31 Å². The minimum Gasteiger partial charge on any atom is -0.325 e. The van der Waals surface area contributed by atoms with Gasteiger partial charge in [0.2, 0.25) is 15.9 Å². The number of nitrogens with zero attached hydrogens (tertiary/aromatic N) is 1. The van der Waals surface area contributed by atoms with E-state index < -0.39 is 15.4 Å². The monoisotopic (exact) mass is 466 g/mol. The van der Waals surface area contributed by atoms with E-state index in [9.17, 15) is 13.2 Å². The molecule has 1 aromatic heterocycles. The molecule has 0 atom stereocenters. The van der Waals surface area contributed by atoms with Crippen molar-refractivity contribution < 1.29 is 13.2 Å². The van der Waals surface area contributed by atoms with Gasteiger partial charge in [0.15, 0.2) is 0 Å². The lowest BCUT2D eigenvalue weighted by atomic mass is 9.83. The highest BCUT2D eigenvalue weighted by Gasteiger charge is 2.43. The lowest BCUT2D eigenvalue weighted by Crippen LogP contribution is -2.37. The van der Waals surface area contributed by atoms with Crippen molar-refractivity contribution in [3.63, 3.8) is 0 Å². The minimum absolute atomic E-state index is 0.0435. The van der Waals surface area contributed by atoms with E-state index in [-0.39, 0.29) is 5.91 Å². The molecule has 5 nitrogen and oxygen atoms in total. The maximum atomic E-state index is 13.4. The average Bonchev–Trinajstić information content (AvgIpc) is 3.52. The first-order valence-electron chi connectivity index (χ1n) is 11.0. The predicted octanol–water partition coefficient (Wildman–Crippen LogP) is 4.95. The lowest BCUT2D eigenvalue weighted by molar-refractivity contribution is -0.121. The molecule has 7 heteroatoms. The van der Waals surface area contributed by atoms with E-state index in [0.717, 1.165) is 47.4 Å². The molecule has 0 spiro atoms. The molecule has 2 heterocycles. The molecular formula is C25H26N2O3S2. The molecule has 0 unspecified atom stereocenters. The zero-order valence-electron chi connectivity index (χ0n) is 17.8. The fraction of sp³-hybridized carbons (Fsp3) is 0.320. The molecule has 2 aromatic carbocycles. The van der Waals surface area contributed by atoms with E-state index in [1.165, 1.54) is 4.31 Å². The topological polar surface area (TPSA) is 66.5 Å². The number of benzene rings is 2. The second kappa shape index (κ2) is 8.46. The molecule has 0 bridgehead atoms. The molecule has 32 heavy (non-hydrogen) atoms. The number of fused-ring (bicyclic) bond motifs is 1. The summed E-state index contributed by atoms with van der Waals surface area (Å²) < 4.78 is 27.7. The van der Waals surface area contributed by atoms with Gasteiger partial charge in [-0.05, 0) is 66.1 Å². The molecule has 1 saturated carbocycles. The fourth-order valence-electron chi connectivity index (χ4n) is 4.92. The maximum Gasteiger partial charge on any atom is 0.243 e. The van der Waals surface area contributed by atoms with Crippen molar-refractivity contribution in [1.29, 1.82) is 0 Å². The van der Waals surface area contributed by atoms with Crippen LogP contribution in [0.5, 0.6) is 0 Å². The number of anilines is 1. The van der Waals surface area contributed by atoms with E-state index in [0.29, 0.717) is 24.4 Å². The Labute approximate surface area is 193 Å². The van der Waals surface area contributed by atoms with Crippen molar-refractivity contribution in [2.24, 2.45) is 0 Å². The molecule has 2 aliphatic rings. The molecule has 1 aliphatic carbocycles. The van der Waals surface area contributed by atoms with Crippen LogP contribution in [-0.4, -0.2) is 25.2 Å².